The summed E-state index contributed by atoms with van der Waals surface area (Å²) >= 11 is 0.662. The van der Waals surface area contributed by atoms with E-state index >= 15 is 0 Å². The van der Waals surface area contributed by atoms with Crippen LogP contribution in [0.5, 0.6) is 5.75 Å². The van der Waals surface area contributed by atoms with Crippen molar-refractivity contribution in [1.29, 1.82) is 0 Å². The van der Waals surface area contributed by atoms with Gasteiger partial charge in [-0.05, 0) is 53.9 Å². The van der Waals surface area contributed by atoms with Crippen LogP contribution >= 0.6 is 24.1 Å². The van der Waals surface area contributed by atoms with Crippen molar-refractivity contribution in [3.63, 3.8) is 0 Å². The molecular weight excluding hydrogens is 1040 g/mol. The Hall–Kier alpha value is -5.51. The van der Waals surface area contributed by atoms with Crippen LogP contribution in [-0.2, 0) is 68.1 Å². The number of rotatable bonds is 20. The second kappa shape index (κ2) is 21.2. The summed E-state index contributed by atoms with van der Waals surface area (Å²) in [5.74, 6) is -2.18. The Morgan fingerprint density at radius 1 is 0.696 bits per heavy atom. The molecule has 0 spiro atoms. The molecule has 69 heavy (non-hydrogen) atoms. The molecule has 6 aromatic rings. The van der Waals surface area contributed by atoms with Crippen LogP contribution in [0, 0.1) is 0 Å². The number of phenolic OH excluding ortho intramolecular Hbond substituents is 1. The van der Waals surface area contributed by atoms with Crippen LogP contribution in [-0.4, -0.2) is 117 Å². The highest BCUT2D eigenvalue weighted by Gasteiger charge is 2.28. The first-order chi connectivity index (χ1) is 32.7. The molecule has 0 amide bonds. The highest BCUT2D eigenvalue weighted by molar-refractivity contribution is 7.95. The molecule has 0 saturated carbocycles. The van der Waals surface area contributed by atoms with Gasteiger partial charge in [0.05, 0.1) is 65.1 Å². The van der Waals surface area contributed by atoms with Crippen molar-refractivity contribution < 1.29 is 90.6 Å². The number of morpholine rings is 1. The molecule has 1 aliphatic rings. The third-order valence-electron chi connectivity index (χ3n) is 9.42. The summed E-state index contributed by atoms with van der Waals surface area (Å²) in [4.78, 5) is 12.8. The normalized spacial score (nSPS) is 14.0. The van der Waals surface area contributed by atoms with E-state index in [4.69, 9.17) is 19.8 Å². The van der Waals surface area contributed by atoms with Gasteiger partial charge in [-0.3, -0.25) is 13.7 Å². The lowest BCUT2D eigenvalue weighted by Crippen LogP contribution is -2.37. The number of nitrogens with zero attached hydrogens (tertiary/aromatic N) is 6. The van der Waals surface area contributed by atoms with Gasteiger partial charge in [-0.25, -0.2) is 23.1 Å². The number of hydrogen-bond acceptors (Lipinski definition) is 27. The molecule has 5 aromatic carbocycles. The summed E-state index contributed by atoms with van der Waals surface area (Å²) in [5, 5.41) is 49.5. The van der Waals surface area contributed by atoms with Gasteiger partial charge in [0.25, 0.3) is 20.2 Å². The first-order valence-corrected chi connectivity index (χ1v) is 26.2. The molecule has 28 nitrogen and oxygen atoms in total. The summed E-state index contributed by atoms with van der Waals surface area (Å²) in [6.45, 7) is 0.254. The fourth-order valence-electron chi connectivity index (χ4n) is 6.61. The van der Waals surface area contributed by atoms with Gasteiger partial charge in [-0.2, -0.15) is 40.2 Å². The first kappa shape index (κ1) is 51.3. The van der Waals surface area contributed by atoms with Crippen molar-refractivity contribution >= 4 is 127 Å². The van der Waals surface area contributed by atoms with Gasteiger partial charge in [0, 0.05) is 39.8 Å². The van der Waals surface area contributed by atoms with Crippen LogP contribution in [0.15, 0.2) is 108 Å². The largest absolute Gasteiger partial charge is 0.505 e. The van der Waals surface area contributed by atoms with Crippen molar-refractivity contribution in [3.8, 4) is 5.75 Å². The fourth-order valence-corrected chi connectivity index (χ4v) is 10.8. The number of nitrogens with one attached hydrogen (secondary N) is 2. The molecule has 0 aliphatic carbocycles. The molecule has 1 aliphatic heterocycles. The Bertz CT molecular complexity index is 3420. The number of sulfone groups is 1. The van der Waals surface area contributed by atoms with Crippen LogP contribution < -0.4 is 15.5 Å². The Balaban J connectivity index is 1.30. The number of benzene rings is 5. The molecule has 1 fully saturated rings. The lowest BCUT2D eigenvalue weighted by Gasteiger charge is -2.27. The third kappa shape index (κ3) is 12.5. The molecule has 0 bridgehead atoms. The van der Waals surface area contributed by atoms with E-state index in [0.717, 1.165) is 18.2 Å². The number of phenols is 1. The quantitative estimate of drug-likeness (QED) is 0.0152. The van der Waals surface area contributed by atoms with Crippen molar-refractivity contribution in [2.45, 2.75) is 24.5 Å². The van der Waals surface area contributed by atoms with E-state index in [9.17, 15) is 47.9 Å². The molecular formula is C35H32N8O20S6. The zero-order valence-electron chi connectivity index (χ0n) is 34.2. The topological polar surface area (TPSA) is 404 Å². The second-order valence-electron chi connectivity index (χ2n) is 13.7. The van der Waals surface area contributed by atoms with Gasteiger partial charge >= 0.3 is 10.4 Å². The Morgan fingerprint density at radius 2 is 1.35 bits per heavy atom. The number of aromatic nitrogens is 3. The van der Waals surface area contributed by atoms with Gasteiger partial charge in [0.2, 0.25) is 17.8 Å². The maximum absolute atomic E-state index is 13.3. The molecule has 34 heteroatoms. The van der Waals surface area contributed by atoms with E-state index in [1.165, 1.54) is 54.6 Å². The summed E-state index contributed by atoms with van der Waals surface area (Å²) < 4.78 is 148. The molecule has 0 unspecified atom stereocenters. The minimum Gasteiger partial charge on any atom is -0.505 e. The van der Waals surface area contributed by atoms with Crippen molar-refractivity contribution in [3.05, 3.63) is 72.8 Å². The lowest BCUT2D eigenvalue weighted by atomic mass is 10.1. The zero-order valence-corrected chi connectivity index (χ0v) is 39.1. The lowest BCUT2D eigenvalue weighted by molar-refractivity contribution is -0.432. The average molecular weight is 1080 g/mol. The standard InChI is InChI=1S/C35H32N8O20S6/c44-30-22-8-9-25(37-34-38-33(39-35(40-34)43-11-13-58-14-12-43)36-19-3-1-4-20(17-19)66(47,48)16-15-59-69(55,56)57)32(68(52,53)54)24(22)18-28(65-63-61-46)29(30)42-41-26-10-7-21-23(31(26)67(49,50)51)5-2-6-27(21)64-62-60-45/h1-10,17-18,44-46H,11-16H2,(H,49,50,51)(H,52,53,54)(H,55,56,57)(H2,36,37,38,39,40). The summed E-state index contributed by atoms with van der Waals surface area (Å²) in [5.41, 5.74) is -1.28. The van der Waals surface area contributed by atoms with Gasteiger partial charge in [0.15, 0.2) is 15.6 Å². The van der Waals surface area contributed by atoms with Gasteiger partial charge in [-0.1, -0.05) is 34.3 Å². The molecule has 368 valence electrons. The number of anilines is 5. The second-order valence-corrected chi connectivity index (χ2v) is 21.1. The molecule has 1 aromatic heterocycles. The smallest absolute Gasteiger partial charge is 0.397 e. The van der Waals surface area contributed by atoms with Gasteiger partial charge in [-0.15, -0.1) is 18.9 Å². The number of aromatic hydroxyl groups is 1. The van der Waals surface area contributed by atoms with E-state index in [1.807, 2.05) is 0 Å². The zero-order chi connectivity index (χ0) is 49.7. The molecule has 1 saturated heterocycles. The van der Waals surface area contributed by atoms with Crippen molar-refractivity contribution in [1.82, 2.24) is 15.0 Å². The predicted octanol–water partition coefficient (Wildman–Crippen LogP) is 5.57. The monoisotopic (exact) mass is 1080 g/mol. The van der Waals surface area contributed by atoms with Crippen LogP contribution in [0.25, 0.3) is 21.5 Å². The van der Waals surface area contributed by atoms with E-state index < -0.39 is 85.1 Å². The van der Waals surface area contributed by atoms with E-state index in [2.05, 4.69) is 58.7 Å². The van der Waals surface area contributed by atoms with Gasteiger partial charge < -0.3 is 25.4 Å². The van der Waals surface area contributed by atoms with Crippen LogP contribution in [0.3, 0.4) is 0 Å². The first-order valence-electron chi connectivity index (χ1n) is 18.8. The maximum atomic E-state index is 13.3. The Kier molecular flexibility index (Phi) is 15.8. The molecule has 0 radical (unpaired) electrons. The van der Waals surface area contributed by atoms with Crippen LogP contribution in [0.2, 0.25) is 0 Å². The molecule has 8 N–H and O–H groups in total. The third-order valence-corrected chi connectivity index (χ3v) is 14.7. The maximum Gasteiger partial charge on any atom is 0.397 e. The molecule has 2 heterocycles. The number of azo groups is 1. The predicted molar refractivity (Wildman–Crippen MR) is 240 cm³/mol. The Labute approximate surface area is 397 Å². The highest BCUT2D eigenvalue weighted by Crippen LogP contribution is 2.48. The fraction of sp³-hybridized carbons (Fsp3) is 0.171. The number of hydrogen-bond donors (Lipinski definition) is 8. The van der Waals surface area contributed by atoms with E-state index in [-0.39, 0.29) is 85.3 Å². The molecule has 0 atom stereocenters. The van der Waals surface area contributed by atoms with E-state index in [1.54, 1.807) is 4.90 Å². The van der Waals surface area contributed by atoms with Crippen molar-refractivity contribution in [2.75, 3.05) is 54.2 Å². The minimum absolute atomic E-state index is 0.0272. The van der Waals surface area contributed by atoms with Crippen LogP contribution in [0.1, 0.15) is 0 Å². The molecule has 7 rings (SSSR count). The highest BCUT2D eigenvalue weighted by atomic mass is 32.3. The minimum atomic E-state index is -5.29. The summed E-state index contributed by atoms with van der Waals surface area (Å²) in [6.07, 6.45) is 0. The van der Waals surface area contributed by atoms with Crippen molar-refractivity contribution in [2.24, 2.45) is 10.2 Å². The van der Waals surface area contributed by atoms with Gasteiger partial charge in [0.1, 0.15) is 21.2 Å². The van der Waals surface area contributed by atoms with E-state index in [0.29, 0.717) is 25.1 Å². The average Bonchev–Trinajstić information content (AvgIpc) is 3.28. The number of fused-ring (bicyclic) bond motifs is 2. The summed E-state index contributed by atoms with van der Waals surface area (Å²) in [7, 11) is -19.4. The summed E-state index contributed by atoms with van der Waals surface area (Å²) in [6, 6.07) is 15.2. The SMILES string of the molecule is O=S(=O)(O)OCCS(=O)(=O)c1cccc(Nc2nc(Nc3ccc4c(O)c(N=Nc5ccc6c(SOOO)cccc6c5S(=O)(=O)O)c(SOOO)cc4c3S(=O)(=O)O)nc(N3CCOCC3)n2)c1. The number of ether oxygens (including phenoxy) is 1. The van der Waals surface area contributed by atoms with Crippen LogP contribution in [0.4, 0.5) is 40.6 Å². The Morgan fingerprint density at radius 3 is 2.01 bits per heavy atom.